The van der Waals surface area contributed by atoms with Gasteiger partial charge < -0.3 is 19.9 Å². The third-order valence-electron chi connectivity index (χ3n) is 5.50. The van der Waals surface area contributed by atoms with Crippen LogP contribution in [0.1, 0.15) is 22.2 Å². The molecule has 1 atom stereocenters. The van der Waals surface area contributed by atoms with Crippen LogP contribution < -0.4 is 10.5 Å². The number of H-pyrrole nitrogens is 1. The number of aromatic amines is 1. The van der Waals surface area contributed by atoms with E-state index in [1.165, 1.54) is 22.3 Å². The Morgan fingerprint density at radius 3 is 2.91 bits per heavy atom. The maximum absolute atomic E-state index is 11.8. The second-order valence-electron chi connectivity index (χ2n) is 7.93. The van der Waals surface area contributed by atoms with Crippen LogP contribution in [0.25, 0.3) is 32.6 Å². The van der Waals surface area contributed by atoms with E-state index >= 15 is 0 Å². The van der Waals surface area contributed by atoms with Gasteiger partial charge in [0.25, 0.3) is 0 Å². The number of hydrogen-bond acceptors (Lipinski definition) is 6. The van der Waals surface area contributed by atoms with Gasteiger partial charge in [-0.05, 0) is 49.2 Å². The molecule has 0 fully saturated rings. The lowest BCUT2D eigenvalue weighted by molar-refractivity contribution is 0.102. The standard InChI is InChI=1S/C26H23N3O3S/c1-16(30)24-6-7-25(33-24)22-11-20(13-29-26(22)17-8-9-31-14-17)32-15-19(27)10-18-12-28-23-5-3-2-4-21(18)23/h2-9,11-14,19,28H,10,15,27H2,1H3/t19-/m0/s1. The molecule has 1 aromatic carbocycles. The summed E-state index contributed by atoms with van der Waals surface area (Å²) in [6.07, 6.45) is 7.68. The predicted octanol–water partition coefficient (Wildman–Crippen LogP) is 5.70. The number of ketones is 1. The lowest BCUT2D eigenvalue weighted by atomic mass is 10.1. The number of benzene rings is 1. The summed E-state index contributed by atoms with van der Waals surface area (Å²) in [6, 6.07) is 15.6. The van der Waals surface area contributed by atoms with Crippen LogP contribution in [-0.2, 0) is 6.42 Å². The number of furan rings is 1. The molecular weight excluding hydrogens is 434 g/mol. The van der Waals surface area contributed by atoms with E-state index in [4.69, 9.17) is 14.9 Å². The number of thiophene rings is 1. The largest absolute Gasteiger partial charge is 0.490 e. The SMILES string of the molecule is CC(=O)c1ccc(-c2cc(OC[C@@H](N)Cc3c[nH]c4ccccc34)cnc2-c2ccoc2)s1. The first-order chi connectivity index (χ1) is 16.1. The number of nitrogens with zero attached hydrogens (tertiary/aromatic N) is 1. The predicted molar refractivity (Wildman–Crippen MR) is 131 cm³/mol. The number of pyridine rings is 1. The fraction of sp³-hybridized carbons (Fsp3) is 0.154. The fourth-order valence-electron chi connectivity index (χ4n) is 3.86. The molecule has 166 valence electrons. The molecule has 0 aliphatic carbocycles. The van der Waals surface area contributed by atoms with Crippen molar-refractivity contribution in [3.05, 3.63) is 83.9 Å². The van der Waals surface area contributed by atoms with Crippen molar-refractivity contribution in [2.24, 2.45) is 5.73 Å². The van der Waals surface area contributed by atoms with Crippen LogP contribution >= 0.6 is 11.3 Å². The van der Waals surface area contributed by atoms with Gasteiger partial charge >= 0.3 is 0 Å². The molecule has 33 heavy (non-hydrogen) atoms. The Bertz CT molecular complexity index is 1400. The van der Waals surface area contributed by atoms with Gasteiger partial charge in [-0.25, -0.2) is 0 Å². The highest BCUT2D eigenvalue weighted by Crippen LogP contribution is 2.37. The van der Waals surface area contributed by atoms with Crippen LogP contribution in [0.3, 0.4) is 0 Å². The number of rotatable bonds is 8. The number of fused-ring (bicyclic) bond motifs is 1. The molecule has 0 amide bonds. The number of carbonyl (C=O) groups excluding carboxylic acids is 1. The number of para-hydroxylation sites is 1. The summed E-state index contributed by atoms with van der Waals surface area (Å²) in [5, 5.41) is 1.18. The normalized spacial score (nSPS) is 12.2. The van der Waals surface area contributed by atoms with Crippen LogP contribution in [-0.4, -0.2) is 28.4 Å². The summed E-state index contributed by atoms with van der Waals surface area (Å²) >= 11 is 1.44. The maximum atomic E-state index is 11.8. The molecule has 6 nitrogen and oxygen atoms in total. The van der Waals surface area contributed by atoms with Crippen molar-refractivity contribution in [1.29, 1.82) is 0 Å². The topological polar surface area (TPSA) is 94.1 Å². The molecule has 0 bridgehead atoms. The van der Waals surface area contributed by atoms with Gasteiger partial charge in [-0.3, -0.25) is 9.78 Å². The molecule has 0 radical (unpaired) electrons. The number of Topliss-reactive ketones (excluding diaryl/α,β-unsaturated/α-hetero) is 1. The molecule has 0 saturated heterocycles. The average Bonchev–Trinajstić information content (AvgIpc) is 3.59. The highest BCUT2D eigenvalue weighted by Gasteiger charge is 2.16. The minimum atomic E-state index is -0.174. The first kappa shape index (κ1) is 21.2. The van der Waals surface area contributed by atoms with E-state index < -0.39 is 0 Å². The van der Waals surface area contributed by atoms with Crippen LogP contribution in [0.2, 0.25) is 0 Å². The maximum Gasteiger partial charge on any atom is 0.169 e. The van der Waals surface area contributed by atoms with Crippen LogP contribution in [0.5, 0.6) is 5.75 Å². The third-order valence-corrected chi connectivity index (χ3v) is 6.72. The molecule has 3 N–H and O–H groups in total. The monoisotopic (exact) mass is 457 g/mol. The summed E-state index contributed by atoms with van der Waals surface area (Å²) in [4.78, 5) is 21.4. The van der Waals surface area contributed by atoms with Gasteiger partial charge in [0.15, 0.2) is 5.78 Å². The second kappa shape index (κ2) is 9.05. The molecule has 7 heteroatoms. The van der Waals surface area contributed by atoms with Crippen molar-refractivity contribution in [1.82, 2.24) is 9.97 Å². The minimum absolute atomic E-state index is 0.0414. The van der Waals surface area contributed by atoms with Gasteiger partial charge in [-0.15, -0.1) is 11.3 Å². The summed E-state index contributed by atoms with van der Waals surface area (Å²) in [5.41, 5.74) is 11.2. The summed E-state index contributed by atoms with van der Waals surface area (Å²) < 4.78 is 11.3. The molecule has 5 aromatic rings. The first-order valence-electron chi connectivity index (χ1n) is 10.7. The molecular formula is C26H23N3O3S. The van der Waals surface area contributed by atoms with Crippen LogP contribution in [0, 0.1) is 0 Å². The van der Waals surface area contributed by atoms with E-state index in [0.717, 1.165) is 27.2 Å². The van der Waals surface area contributed by atoms with Crippen molar-refractivity contribution < 1.29 is 13.9 Å². The zero-order chi connectivity index (χ0) is 22.8. The Morgan fingerprint density at radius 2 is 2.12 bits per heavy atom. The number of ether oxygens (including phenoxy) is 1. The van der Waals surface area contributed by atoms with Gasteiger partial charge in [0, 0.05) is 39.1 Å². The third kappa shape index (κ3) is 4.46. The summed E-state index contributed by atoms with van der Waals surface area (Å²) in [7, 11) is 0. The van der Waals surface area contributed by atoms with E-state index in [2.05, 4.69) is 22.1 Å². The van der Waals surface area contributed by atoms with Crippen molar-refractivity contribution in [3.8, 4) is 27.4 Å². The molecule has 0 unspecified atom stereocenters. The Kier molecular flexibility index (Phi) is 5.81. The van der Waals surface area contributed by atoms with Crippen molar-refractivity contribution in [3.63, 3.8) is 0 Å². The average molecular weight is 458 g/mol. The van der Waals surface area contributed by atoms with Crippen molar-refractivity contribution >= 4 is 28.0 Å². The number of aromatic nitrogens is 2. The Labute approximate surface area is 195 Å². The second-order valence-corrected chi connectivity index (χ2v) is 9.02. The molecule has 0 aliphatic heterocycles. The van der Waals surface area contributed by atoms with Gasteiger partial charge in [-0.2, -0.15) is 0 Å². The highest BCUT2D eigenvalue weighted by molar-refractivity contribution is 7.17. The van der Waals surface area contributed by atoms with Crippen LogP contribution in [0.15, 0.2) is 77.9 Å². The zero-order valence-electron chi connectivity index (χ0n) is 18.1. The Hall–Kier alpha value is -3.68. The molecule has 4 heterocycles. The van der Waals surface area contributed by atoms with E-state index in [-0.39, 0.29) is 11.8 Å². The van der Waals surface area contributed by atoms with Crippen molar-refractivity contribution in [2.75, 3.05) is 6.61 Å². The molecule has 0 aliphatic rings. The van der Waals surface area contributed by atoms with Crippen molar-refractivity contribution in [2.45, 2.75) is 19.4 Å². The van der Waals surface area contributed by atoms with E-state index in [9.17, 15) is 4.79 Å². The number of hydrogen-bond donors (Lipinski definition) is 2. The summed E-state index contributed by atoms with van der Waals surface area (Å²) in [6.45, 7) is 1.92. The van der Waals surface area contributed by atoms with E-state index in [1.807, 2.05) is 42.6 Å². The van der Waals surface area contributed by atoms with Gasteiger partial charge in [0.2, 0.25) is 0 Å². The Balaban J connectivity index is 1.36. The van der Waals surface area contributed by atoms with Crippen LogP contribution in [0.4, 0.5) is 0 Å². The smallest absolute Gasteiger partial charge is 0.169 e. The van der Waals surface area contributed by atoms with E-state index in [0.29, 0.717) is 23.7 Å². The first-order valence-corrected chi connectivity index (χ1v) is 11.5. The lowest BCUT2D eigenvalue weighted by Crippen LogP contribution is -2.30. The fourth-order valence-corrected chi connectivity index (χ4v) is 4.78. The van der Waals surface area contributed by atoms with Gasteiger partial charge in [0.1, 0.15) is 12.4 Å². The Morgan fingerprint density at radius 1 is 1.24 bits per heavy atom. The number of carbonyl (C=O) groups is 1. The quantitative estimate of drug-likeness (QED) is 0.291. The lowest BCUT2D eigenvalue weighted by Gasteiger charge is -2.14. The van der Waals surface area contributed by atoms with Gasteiger partial charge in [-0.1, -0.05) is 18.2 Å². The molecule has 5 rings (SSSR count). The molecule has 4 aromatic heterocycles. The molecule has 0 saturated carbocycles. The number of nitrogens with two attached hydrogens (primary N) is 1. The number of nitrogens with one attached hydrogen (secondary N) is 1. The highest BCUT2D eigenvalue weighted by atomic mass is 32.1. The zero-order valence-corrected chi connectivity index (χ0v) is 18.9. The van der Waals surface area contributed by atoms with Gasteiger partial charge in [0.05, 0.1) is 29.3 Å². The summed E-state index contributed by atoms with van der Waals surface area (Å²) in [5.74, 6) is 0.670. The van der Waals surface area contributed by atoms with E-state index in [1.54, 1.807) is 25.6 Å². The minimum Gasteiger partial charge on any atom is -0.490 e. The molecule has 0 spiro atoms.